The Morgan fingerprint density at radius 3 is 2.44 bits per heavy atom. The van der Waals surface area contributed by atoms with E-state index in [2.05, 4.69) is 0 Å². The molecule has 0 bridgehead atoms. The Hall–Kier alpha value is -1.10. The van der Waals surface area contributed by atoms with Crippen LogP contribution >= 0.6 is 0 Å². The van der Waals surface area contributed by atoms with Crippen molar-refractivity contribution in [3.63, 3.8) is 0 Å². The maximum Gasteiger partial charge on any atom is 0.419 e. The highest BCUT2D eigenvalue weighted by atomic mass is 19.4. The molecular formula is C11H13F4N. The van der Waals surface area contributed by atoms with Gasteiger partial charge in [0.25, 0.3) is 0 Å². The van der Waals surface area contributed by atoms with Crippen LogP contribution < -0.4 is 5.73 Å². The first kappa shape index (κ1) is 13.0. The third-order valence-electron chi connectivity index (χ3n) is 2.32. The minimum Gasteiger partial charge on any atom is -0.324 e. The first-order valence-electron chi connectivity index (χ1n) is 4.98. The Morgan fingerprint density at radius 1 is 1.31 bits per heavy atom. The lowest BCUT2D eigenvalue weighted by atomic mass is 10.0. The van der Waals surface area contributed by atoms with E-state index in [0.717, 1.165) is 18.6 Å². The maximum absolute atomic E-state index is 13.0. The zero-order valence-corrected chi connectivity index (χ0v) is 8.81. The van der Waals surface area contributed by atoms with Gasteiger partial charge in [-0.15, -0.1) is 0 Å². The van der Waals surface area contributed by atoms with Crippen molar-refractivity contribution in [2.45, 2.75) is 32.0 Å². The van der Waals surface area contributed by atoms with Crippen molar-refractivity contribution in [3.8, 4) is 0 Å². The Labute approximate surface area is 91.3 Å². The molecule has 0 amide bonds. The van der Waals surface area contributed by atoms with E-state index in [0.29, 0.717) is 12.0 Å². The largest absolute Gasteiger partial charge is 0.419 e. The van der Waals surface area contributed by atoms with Crippen LogP contribution in [0.5, 0.6) is 0 Å². The Morgan fingerprint density at radius 2 is 1.94 bits per heavy atom. The molecule has 1 aromatic rings. The second-order valence-corrected chi connectivity index (χ2v) is 3.63. The molecule has 0 aliphatic heterocycles. The lowest BCUT2D eigenvalue weighted by molar-refractivity contribution is -0.140. The minimum absolute atomic E-state index is 0.315. The molecule has 0 spiro atoms. The molecule has 0 radical (unpaired) electrons. The van der Waals surface area contributed by atoms with E-state index in [1.54, 1.807) is 0 Å². The second-order valence-electron chi connectivity index (χ2n) is 3.63. The average Bonchev–Trinajstić information content (AvgIpc) is 2.16. The summed E-state index contributed by atoms with van der Waals surface area (Å²) in [7, 11) is 0. The molecule has 5 heteroatoms. The standard InChI is InChI=1S/C11H13F4N/c1-2-3-10(16)7-4-5-9(12)8(6-7)11(13,14)15/h4-6,10H,2-3,16H2,1H3/t10-/m1/s1. The molecule has 90 valence electrons. The van der Waals surface area contributed by atoms with E-state index in [1.165, 1.54) is 6.07 Å². The molecule has 0 unspecified atom stereocenters. The molecule has 16 heavy (non-hydrogen) atoms. The molecule has 1 nitrogen and oxygen atoms in total. The monoisotopic (exact) mass is 235 g/mol. The third kappa shape index (κ3) is 2.95. The summed E-state index contributed by atoms with van der Waals surface area (Å²) in [6.45, 7) is 1.88. The lowest BCUT2D eigenvalue weighted by Crippen LogP contribution is -2.13. The van der Waals surface area contributed by atoms with E-state index < -0.39 is 23.6 Å². The summed E-state index contributed by atoms with van der Waals surface area (Å²) < 4.78 is 50.1. The SMILES string of the molecule is CCC[C@@H](N)c1ccc(F)c(C(F)(F)F)c1. The lowest BCUT2D eigenvalue weighted by Gasteiger charge is -2.14. The molecule has 0 aliphatic rings. The second kappa shape index (κ2) is 4.82. The van der Waals surface area contributed by atoms with Gasteiger partial charge in [0.1, 0.15) is 5.82 Å². The number of halogens is 4. The van der Waals surface area contributed by atoms with Crippen molar-refractivity contribution < 1.29 is 17.6 Å². The van der Waals surface area contributed by atoms with Gasteiger partial charge in [0.05, 0.1) is 5.56 Å². The Kier molecular flexibility index (Phi) is 3.91. The summed E-state index contributed by atoms with van der Waals surface area (Å²) in [4.78, 5) is 0. The summed E-state index contributed by atoms with van der Waals surface area (Å²) in [5.41, 5.74) is 4.74. The number of benzene rings is 1. The smallest absolute Gasteiger partial charge is 0.324 e. The molecule has 0 fully saturated rings. The molecular weight excluding hydrogens is 222 g/mol. The van der Waals surface area contributed by atoms with E-state index in [1.807, 2.05) is 6.92 Å². The Balaban J connectivity index is 3.07. The van der Waals surface area contributed by atoms with Crippen molar-refractivity contribution in [1.82, 2.24) is 0 Å². The zero-order valence-electron chi connectivity index (χ0n) is 8.81. The van der Waals surface area contributed by atoms with Crippen LogP contribution in [-0.4, -0.2) is 0 Å². The molecule has 1 rings (SSSR count). The highest BCUT2D eigenvalue weighted by Crippen LogP contribution is 2.33. The molecule has 0 heterocycles. The fourth-order valence-corrected chi connectivity index (χ4v) is 1.47. The van der Waals surface area contributed by atoms with Crippen LogP contribution in [0.25, 0.3) is 0 Å². The fraction of sp³-hybridized carbons (Fsp3) is 0.455. The molecule has 0 aromatic heterocycles. The van der Waals surface area contributed by atoms with Crippen LogP contribution in [0, 0.1) is 5.82 Å². The van der Waals surface area contributed by atoms with Gasteiger partial charge in [0.15, 0.2) is 0 Å². The summed E-state index contributed by atoms with van der Waals surface area (Å²) in [6.07, 6.45) is -3.34. The van der Waals surface area contributed by atoms with Crippen molar-refractivity contribution in [2.24, 2.45) is 5.73 Å². The summed E-state index contributed by atoms with van der Waals surface area (Å²) in [5.74, 6) is -1.26. The van der Waals surface area contributed by atoms with Crippen molar-refractivity contribution in [3.05, 3.63) is 35.1 Å². The molecule has 0 saturated heterocycles. The topological polar surface area (TPSA) is 26.0 Å². The predicted molar refractivity (Wildman–Crippen MR) is 53.2 cm³/mol. The van der Waals surface area contributed by atoms with Gasteiger partial charge in [-0.3, -0.25) is 0 Å². The predicted octanol–water partition coefficient (Wildman–Crippen LogP) is 3.64. The van der Waals surface area contributed by atoms with E-state index in [-0.39, 0.29) is 0 Å². The minimum atomic E-state index is -4.67. The van der Waals surface area contributed by atoms with Crippen LogP contribution in [-0.2, 0) is 6.18 Å². The van der Waals surface area contributed by atoms with Crippen molar-refractivity contribution in [2.75, 3.05) is 0 Å². The number of hydrogen-bond acceptors (Lipinski definition) is 1. The van der Waals surface area contributed by atoms with Crippen molar-refractivity contribution >= 4 is 0 Å². The highest BCUT2D eigenvalue weighted by molar-refractivity contribution is 5.29. The number of nitrogens with two attached hydrogens (primary N) is 1. The summed E-state index contributed by atoms with van der Waals surface area (Å²) in [6, 6.07) is 2.42. The van der Waals surface area contributed by atoms with E-state index in [4.69, 9.17) is 5.73 Å². The average molecular weight is 235 g/mol. The quantitative estimate of drug-likeness (QED) is 0.795. The summed E-state index contributed by atoms with van der Waals surface area (Å²) >= 11 is 0. The molecule has 2 N–H and O–H groups in total. The van der Waals surface area contributed by atoms with Gasteiger partial charge in [-0.1, -0.05) is 19.4 Å². The number of alkyl halides is 3. The summed E-state index contributed by atoms with van der Waals surface area (Å²) in [5, 5.41) is 0. The third-order valence-corrected chi connectivity index (χ3v) is 2.32. The Bertz CT molecular complexity index is 359. The van der Waals surface area contributed by atoms with E-state index in [9.17, 15) is 17.6 Å². The normalized spacial score (nSPS) is 13.9. The maximum atomic E-state index is 13.0. The van der Waals surface area contributed by atoms with Crippen molar-refractivity contribution in [1.29, 1.82) is 0 Å². The van der Waals surface area contributed by atoms with Gasteiger partial charge in [-0.25, -0.2) is 4.39 Å². The molecule has 0 saturated carbocycles. The van der Waals surface area contributed by atoms with Crippen LogP contribution in [0.4, 0.5) is 17.6 Å². The first-order chi connectivity index (χ1) is 7.36. The zero-order chi connectivity index (χ0) is 12.3. The van der Waals surface area contributed by atoms with Gasteiger partial charge < -0.3 is 5.73 Å². The van der Waals surface area contributed by atoms with Gasteiger partial charge in [-0.2, -0.15) is 13.2 Å². The van der Waals surface area contributed by atoms with E-state index >= 15 is 0 Å². The number of rotatable bonds is 3. The number of hydrogen-bond donors (Lipinski definition) is 1. The molecule has 1 aromatic carbocycles. The first-order valence-corrected chi connectivity index (χ1v) is 4.98. The van der Waals surface area contributed by atoms with Crippen LogP contribution in [0.2, 0.25) is 0 Å². The molecule has 1 atom stereocenters. The van der Waals surface area contributed by atoms with Crippen LogP contribution in [0.15, 0.2) is 18.2 Å². The van der Waals surface area contributed by atoms with Crippen LogP contribution in [0.1, 0.15) is 36.9 Å². The molecule has 0 aliphatic carbocycles. The highest BCUT2D eigenvalue weighted by Gasteiger charge is 2.34. The fourth-order valence-electron chi connectivity index (χ4n) is 1.47. The van der Waals surface area contributed by atoms with Crippen LogP contribution in [0.3, 0.4) is 0 Å². The van der Waals surface area contributed by atoms with Gasteiger partial charge >= 0.3 is 6.18 Å². The van der Waals surface area contributed by atoms with Gasteiger partial charge in [-0.05, 0) is 24.1 Å². The van der Waals surface area contributed by atoms with Gasteiger partial charge in [0, 0.05) is 6.04 Å². The van der Waals surface area contributed by atoms with Gasteiger partial charge in [0.2, 0.25) is 0 Å².